The lowest BCUT2D eigenvalue weighted by Gasteiger charge is -2.29. The summed E-state index contributed by atoms with van der Waals surface area (Å²) in [7, 11) is 1.49. The fraction of sp³-hybridized carbons (Fsp3) is 0.333. The van der Waals surface area contributed by atoms with Gasteiger partial charge in [0.1, 0.15) is 11.8 Å². The van der Waals surface area contributed by atoms with Crippen molar-refractivity contribution in [2.75, 3.05) is 19.0 Å². The van der Waals surface area contributed by atoms with Gasteiger partial charge in [-0.3, -0.25) is 0 Å². The number of alkyl halides is 3. The Kier molecular flexibility index (Phi) is 6.09. The number of halogens is 3. The van der Waals surface area contributed by atoms with E-state index < -0.39 is 24.7 Å². The number of nitrogens with one attached hydrogen (secondary N) is 1. The minimum Gasteiger partial charge on any atom is -0.497 e. The average molecular weight is 339 g/mol. The number of benzene rings is 2. The third kappa shape index (κ3) is 4.89. The molecule has 2 aromatic rings. The molecule has 6 heteroatoms. The zero-order valence-electron chi connectivity index (χ0n) is 13.3. The summed E-state index contributed by atoms with van der Waals surface area (Å²) >= 11 is 0. The molecular weight excluding hydrogens is 319 g/mol. The van der Waals surface area contributed by atoms with Crippen LogP contribution in [0.2, 0.25) is 0 Å². The van der Waals surface area contributed by atoms with Crippen LogP contribution < -0.4 is 10.1 Å². The number of ether oxygens (including phenoxy) is 1. The van der Waals surface area contributed by atoms with Gasteiger partial charge in [-0.2, -0.15) is 13.2 Å². The second kappa shape index (κ2) is 8.06. The van der Waals surface area contributed by atoms with E-state index in [0.29, 0.717) is 11.4 Å². The van der Waals surface area contributed by atoms with Crippen LogP contribution in [0.1, 0.15) is 5.56 Å². The molecule has 0 amide bonds. The summed E-state index contributed by atoms with van der Waals surface area (Å²) in [6, 6.07) is 13.2. The molecule has 0 aliphatic heterocycles. The Bertz CT molecular complexity index is 614. The van der Waals surface area contributed by atoms with Gasteiger partial charge in [-0.05, 0) is 36.2 Å². The highest BCUT2D eigenvalue weighted by Gasteiger charge is 2.44. The second-order valence-corrected chi connectivity index (χ2v) is 5.52. The number of methoxy groups -OCH3 is 1. The summed E-state index contributed by atoms with van der Waals surface area (Å²) in [6.45, 7) is -0.567. The summed E-state index contributed by atoms with van der Waals surface area (Å²) in [6.07, 6.45) is -4.35. The average Bonchev–Trinajstić information content (AvgIpc) is 2.58. The summed E-state index contributed by atoms with van der Waals surface area (Å²) in [5.74, 6) is -0.429. The lowest BCUT2D eigenvalue weighted by atomic mass is 9.92. The molecule has 130 valence electrons. The van der Waals surface area contributed by atoms with Gasteiger partial charge in [-0.15, -0.1) is 0 Å². The topological polar surface area (TPSA) is 41.5 Å². The molecule has 0 saturated heterocycles. The zero-order valence-corrected chi connectivity index (χ0v) is 13.3. The minimum atomic E-state index is -4.48. The Morgan fingerprint density at radius 3 is 2.17 bits per heavy atom. The molecule has 0 saturated carbocycles. The van der Waals surface area contributed by atoms with E-state index in [1.807, 2.05) is 0 Å². The van der Waals surface area contributed by atoms with Gasteiger partial charge in [0.25, 0.3) is 0 Å². The molecule has 0 aliphatic carbocycles. The van der Waals surface area contributed by atoms with Crippen LogP contribution in [0.25, 0.3) is 0 Å². The van der Waals surface area contributed by atoms with Crippen LogP contribution in [0.5, 0.6) is 5.75 Å². The quantitative estimate of drug-likeness (QED) is 0.804. The molecule has 3 nitrogen and oxygen atoms in total. The third-order valence-corrected chi connectivity index (χ3v) is 3.81. The summed E-state index contributed by atoms with van der Waals surface area (Å²) in [5, 5.41) is 12.0. The van der Waals surface area contributed by atoms with Gasteiger partial charge in [0.05, 0.1) is 7.11 Å². The van der Waals surface area contributed by atoms with Gasteiger partial charge in [0, 0.05) is 18.2 Å². The molecule has 0 bridgehead atoms. The maximum absolute atomic E-state index is 13.5. The Hall–Kier alpha value is -2.21. The highest BCUT2D eigenvalue weighted by Crippen LogP contribution is 2.31. The molecule has 0 fully saturated rings. The van der Waals surface area contributed by atoms with Crippen LogP contribution in [0.15, 0.2) is 54.6 Å². The van der Waals surface area contributed by atoms with Crippen molar-refractivity contribution in [1.29, 1.82) is 0 Å². The molecule has 2 atom stereocenters. The van der Waals surface area contributed by atoms with Crippen molar-refractivity contribution in [2.24, 2.45) is 5.92 Å². The van der Waals surface area contributed by atoms with E-state index in [2.05, 4.69) is 5.32 Å². The molecule has 24 heavy (non-hydrogen) atoms. The van der Waals surface area contributed by atoms with Crippen molar-refractivity contribution in [3.63, 3.8) is 0 Å². The number of anilines is 1. The van der Waals surface area contributed by atoms with Gasteiger partial charge >= 0.3 is 6.18 Å². The zero-order chi connectivity index (χ0) is 17.6. The minimum absolute atomic E-state index is 0.130. The van der Waals surface area contributed by atoms with Crippen molar-refractivity contribution in [3.8, 4) is 5.75 Å². The van der Waals surface area contributed by atoms with E-state index in [1.165, 1.54) is 19.2 Å². The standard InChI is InChI=1S/C18H20F3NO2/c1-24-16-9-7-15(8-10-16)22-17(18(19,20)21)14(12-23)11-13-5-3-2-4-6-13/h2-10,14,17,22-23H,11-12H2,1H3/t14-,17-/m0/s1. The van der Waals surface area contributed by atoms with Gasteiger partial charge < -0.3 is 15.2 Å². The van der Waals surface area contributed by atoms with Crippen molar-refractivity contribution < 1.29 is 23.0 Å². The maximum atomic E-state index is 13.5. The molecule has 2 rings (SSSR count). The van der Waals surface area contributed by atoms with Crippen molar-refractivity contribution >= 4 is 5.69 Å². The number of aliphatic hydroxyl groups is 1. The third-order valence-electron chi connectivity index (χ3n) is 3.81. The first-order chi connectivity index (χ1) is 11.4. The van der Waals surface area contributed by atoms with E-state index >= 15 is 0 Å². The van der Waals surface area contributed by atoms with Crippen molar-refractivity contribution in [2.45, 2.75) is 18.6 Å². The first kappa shape index (κ1) is 18.1. The van der Waals surface area contributed by atoms with E-state index in [0.717, 1.165) is 5.56 Å². The molecule has 0 heterocycles. The largest absolute Gasteiger partial charge is 0.497 e. The second-order valence-electron chi connectivity index (χ2n) is 5.52. The summed E-state index contributed by atoms with van der Waals surface area (Å²) in [5.41, 5.74) is 1.08. The lowest BCUT2D eigenvalue weighted by Crippen LogP contribution is -2.45. The molecule has 0 radical (unpaired) electrons. The van der Waals surface area contributed by atoms with E-state index in [9.17, 15) is 18.3 Å². The molecule has 0 aliphatic rings. The normalized spacial score (nSPS) is 14.0. The SMILES string of the molecule is COc1ccc(N[C@@H]([C@H](CO)Cc2ccccc2)C(F)(F)F)cc1. The predicted molar refractivity (Wildman–Crippen MR) is 87.2 cm³/mol. The van der Waals surface area contributed by atoms with Gasteiger partial charge in [-0.25, -0.2) is 0 Å². The molecular formula is C18H20F3NO2. The van der Waals surface area contributed by atoms with Gasteiger partial charge in [0.2, 0.25) is 0 Å². The van der Waals surface area contributed by atoms with Gasteiger partial charge in [-0.1, -0.05) is 30.3 Å². The molecule has 2 aromatic carbocycles. The van der Waals surface area contributed by atoms with E-state index in [1.54, 1.807) is 42.5 Å². The van der Waals surface area contributed by atoms with Crippen LogP contribution in [-0.2, 0) is 6.42 Å². The van der Waals surface area contributed by atoms with Crippen LogP contribution in [0.3, 0.4) is 0 Å². The highest BCUT2D eigenvalue weighted by atomic mass is 19.4. The van der Waals surface area contributed by atoms with Crippen LogP contribution in [0.4, 0.5) is 18.9 Å². The molecule has 2 N–H and O–H groups in total. The Balaban J connectivity index is 2.19. The van der Waals surface area contributed by atoms with E-state index in [4.69, 9.17) is 4.74 Å². The maximum Gasteiger partial charge on any atom is 0.408 e. The molecule has 0 unspecified atom stereocenters. The highest BCUT2D eigenvalue weighted by molar-refractivity contribution is 5.47. The predicted octanol–water partition coefficient (Wildman–Crippen LogP) is 3.89. The van der Waals surface area contributed by atoms with E-state index in [-0.39, 0.29) is 6.42 Å². The monoisotopic (exact) mass is 339 g/mol. The first-order valence-electron chi connectivity index (χ1n) is 7.56. The lowest BCUT2D eigenvalue weighted by molar-refractivity contribution is -0.156. The van der Waals surface area contributed by atoms with Crippen LogP contribution in [0, 0.1) is 5.92 Å². The first-order valence-corrected chi connectivity index (χ1v) is 7.56. The Labute approximate surface area is 139 Å². The number of aliphatic hydroxyl groups excluding tert-OH is 1. The molecule has 0 aromatic heterocycles. The van der Waals surface area contributed by atoms with Crippen molar-refractivity contribution in [3.05, 3.63) is 60.2 Å². The fourth-order valence-electron chi connectivity index (χ4n) is 2.54. The Morgan fingerprint density at radius 2 is 1.67 bits per heavy atom. The van der Waals surface area contributed by atoms with Gasteiger partial charge in [0.15, 0.2) is 0 Å². The van der Waals surface area contributed by atoms with Crippen LogP contribution in [-0.4, -0.2) is 31.0 Å². The van der Waals surface area contributed by atoms with Crippen LogP contribution >= 0.6 is 0 Å². The number of rotatable bonds is 7. The number of hydrogen-bond acceptors (Lipinski definition) is 3. The number of hydrogen-bond donors (Lipinski definition) is 2. The van der Waals surface area contributed by atoms with Crippen molar-refractivity contribution in [1.82, 2.24) is 0 Å². The fourth-order valence-corrected chi connectivity index (χ4v) is 2.54. The molecule has 0 spiro atoms. The smallest absolute Gasteiger partial charge is 0.408 e. The Morgan fingerprint density at radius 1 is 1.04 bits per heavy atom. The summed E-state index contributed by atoms with van der Waals surface area (Å²) < 4.78 is 45.5. The summed E-state index contributed by atoms with van der Waals surface area (Å²) in [4.78, 5) is 0.